The van der Waals surface area contributed by atoms with E-state index in [4.69, 9.17) is 5.11 Å². The van der Waals surface area contributed by atoms with Crippen molar-refractivity contribution in [1.29, 1.82) is 0 Å². The van der Waals surface area contributed by atoms with Crippen LogP contribution < -0.4 is 5.32 Å². The van der Waals surface area contributed by atoms with Gasteiger partial charge in [-0.15, -0.1) is 0 Å². The normalized spacial score (nSPS) is 18.7. The van der Waals surface area contributed by atoms with Crippen LogP contribution in [0.4, 0.5) is 14.5 Å². The average molecular weight is 305 g/mol. The Kier molecular flexibility index (Phi) is 3.94. The molecule has 0 amide bonds. The van der Waals surface area contributed by atoms with E-state index >= 15 is 0 Å². The number of carboxylic acid groups (broad SMARTS) is 1. The molecular weight excluding hydrogens is 292 g/mol. The Bertz CT molecular complexity index is 608. The van der Waals surface area contributed by atoms with Crippen molar-refractivity contribution in [3.05, 3.63) is 29.3 Å². The van der Waals surface area contributed by atoms with Crippen molar-refractivity contribution in [2.75, 3.05) is 16.8 Å². The summed E-state index contributed by atoms with van der Waals surface area (Å²) in [4.78, 5) is 10.7. The van der Waals surface area contributed by atoms with Gasteiger partial charge in [-0.2, -0.15) is 0 Å². The quantitative estimate of drug-likeness (QED) is 0.887. The van der Waals surface area contributed by atoms with Gasteiger partial charge in [-0.05, 0) is 25.0 Å². The number of sulfone groups is 1. The first-order chi connectivity index (χ1) is 9.28. The number of carbonyl (C=O) groups is 1. The van der Waals surface area contributed by atoms with E-state index in [0.717, 1.165) is 12.1 Å². The molecule has 0 bridgehead atoms. The van der Waals surface area contributed by atoms with Crippen molar-refractivity contribution in [3.8, 4) is 0 Å². The molecule has 1 saturated heterocycles. The summed E-state index contributed by atoms with van der Waals surface area (Å²) in [5.74, 6) is -3.48. The number of halogens is 2. The van der Waals surface area contributed by atoms with Gasteiger partial charge in [0.05, 0.1) is 17.1 Å². The Hall–Kier alpha value is -1.70. The molecule has 0 aromatic heterocycles. The van der Waals surface area contributed by atoms with Crippen LogP contribution >= 0.6 is 0 Å². The zero-order valence-electron chi connectivity index (χ0n) is 10.4. The SMILES string of the molecule is O=C(O)c1cc(F)c(NC2CCS(=O)(=O)CC2)c(F)c1. The highest BCUT2D eigenvalue weighted by molar-refractivity contribution is 7.91. The second-order valence-electron chi connectivity index (χ2n) is 4.69. The smallest absolute Gasteiger partial charge is 0.335 e. The molecule has 0 radical (unpaired) electrons. The molecule has 1 fully saturated rings. The third kappa shape index (κ3) is 3.24. The molecule has 0 spiro atoms. The minimum atomic E-state index is -3.05. The Labute approximate surface area is 114 Å². The summed E-state index contributed by atoms with van der Waals surface area (Å²) in [6, 6.07) is 1.11. The number of benzene rings is 1. The number of rotatable bonds is 3. The number of hydrogen-bond donors (Lipinski definition) is 2. The van der Waals surface area contributed by atoms with Gasteiger partial charge in [-0.1, -0.05) is 0 Å². The van der Waals surface area contributed by atoms with Crippen molar-refractivity contribution in [2.24, 2.45) is 0 Å². The molecule has 1 heterocycles. The van der Waals surface area contributed by atoms with Gasteiger partial charge in [0.2, 0.25) is 0 Å². The molecule has 110 valence electrons. The molecule has 1 aliphatic rings. The minimum absolute atomic E-state index is 0.0267. The fraction of sp³-hybridized carbons (Fsp3) is 0.417. The Balaban J connectivity index is 2.16. The molecule has 0 unspecified atom stereocenters. The summed E-state index contributed by atoms with van der Waals surface area (Å²) >= 11 is 0. The zero-order chi connectivity index (χ0) is 14.9. The number of nitrogens with one attached hydrogen (secondary N) is 1. The van der Waals surface area contributed by atoms with Gasteiger partial charge >= 0.3 is 5.97 Å². The average Bonchev–Trinajstić information content (AvgIpc) is 2.35. The molecule has 1 aliphatic heterocycles. The first kappa shape index (κ1) is 14.7. The Morgan fingerprint density at radius 3 is 2.15 bits per heavy atom. The molecule has 8 heteroatoms. The summed E-state index contributed by atoms with van der Waals surface area (Å²) in [7, 11) is -3.05. The molecule has 1 aromatic carbocycles. The molecule has 1 aromatic rings. The third-order valence-corrected chi connectivity index (χ3v) is 4.91. The lowest BCUT2D eigenvalue weighted by molar-refractivity contribution is 0.0695. The summed E-state index contributed by atoms with van der Waals surface area (Å²) in [5, 5.41) is 11.3. The van der Waals surface area contributed by atoms with E-state index in [2.05, 4.69) is 5.32 Å². The lowest BCUT2D eigenvalue weighted by Crippen LogP contribution is -2.32. The molecule has 2 rings (SSSR count). The molecule has 0 atom stereocenters. The predicted octanol–water partition coefficient (Wildman–Crippen LogP) is 1.65. The van der Waals surface area contributed by atoms with Crippen molar-refractivity contribution in [1.82, 2.24) is 0 Å². The maximum atomic E-state index is 13.7. The highest BCUT2D eigenvalue weighted by atomic mass is 32.2. The number of carboxylic acids is 1. The van der Waals surface area contributed by atoms with Gasteiger partial charge in [0.15, 0.2) is 0 Å². The standard InChI is InChI=1S/C12H13F2NO4S/c13-9-5-7(12(16)17)6-10(14)11(9)15-8-1-3-20(18,19)4-2-8/h5-6,8,15H,1-4H2,(H,16,17). The van der Waals surface area contributed by atoms with Crippen LogP contribution in [-0.2, 0) is 9.84 Å². The third-order valence-electron chi connectivity index (χ3n) is 3.19. The second kappa shape index (κ2) is 5.35. The van der Waals surface area contributed by atoms with E-state index in [9.17, 15) is 22.0 Å². The Morgan fingerprint density at radius 2 is 1.70 bits per heavy atom. The Morgan fingerprint density at radius 1 is 1.20 bits per heavy atom. The lowest BCUT2D eigenvalue weighted by Gasteiger charge is -2.24. The molecule has 20 heavy (non-hydrogen) atoms. The van der Waals surface area contributed by atoms with Crippen LogP contribution in [0.1, 0.15) is 23.2 Å². The van der Waals surface area contributed by atoms with Crippen LogP contribution in [-0.4, -0.2) is 37.0 Å². The topological polar surface area (TPSA) is 83.5 Å². The van der Waals surface area contributed by atoms with Crippen LogP contribution in [0, 0.1) is 11.6 Å². The summed E-state index contributed by atoms with van der Waals surface area (Å²) in [6.45, 7) is 0. The van der Waals surface area contributed by atoms with Crippen molar-refractivity contribution in [2.45, 2.75) is 18.9 Å². The second-order valence-corrected chi connectivity index (χ2v) is 6.99. The van der Waals surface area contributed by atoms with Gasteiger partial charge in [0.1, 0.15) is 27.2 Å². The van der Waals surface area contributed by atoms with Gasteiger partial charge < -0.3 is 10.4 Å². The van der Waals surface area contributed by atoms with Crippen molar-refractivity contribution < 1.29 is 27.1 Å². The molecule has 2 N–H and O–H groups in total. The van der Waals surface area contributed by atoms with Gasteiger partial charge in [0.25, 0.3) is 0 Å². The minimum Gasteiger partial charge on any atom is -0.478 e. The summed E-state index contributed by atoms with van der Waals surface area (Å²) < 4.78 is 49.9. The molecule has 0 saturated carbocycles. The van der Waals surface area contributed by atoms with Crippen LogP contribution in [0.2, 0.25) is 0 Å². The summed E-state index contributed by atoms with van der Waals surface area (Å²) in [6.07, 6.45) is 0.532. The monoisotopic (exact) mass is 305 g/mol. The van der Waals surface area contributed by atoms with E-state index in [1.165, 1.54) is 0 Å². The number of anilines is 1. The van der Waals surface area contributed by atoms with Gasteiger partial charge in [0, 0.05) is 6.04 Å². The van der Waals surface area contributed by atoms with Gasteiger partial charge in [-0.25, -0.2) is 22.0 Å². The van der Waals surface area contributed by atoms with Gasteiger partial charge in [-0.3, -0.25) is 0 Å². The maximum absolute atomic E-state index is 13.7. The largest absolute Gasteiger partial charge is 0.478 e. The van der Waals surface area contributed by atoms with E-state index in [1.54, 1.807) is 0 Å². The number of hydrogen-bond acceptors (Lipinski definition) is 4. The lowest BCUT2D eigenvalue weighted by atomic mass is 10.1. The zero-order valence-corrected chi connectivity index (χ0v) is 11.2. The first-order valence-electron chi connectivity index (χ1n) is 5.98. The van der Waals surface area contributed by atoms with Crippen LogP contribution in [0.3, 0.4) is 0 Å². The fourth-order valence-electron chi connectivity index (χ4n) is 2.07. The van der Waals surface area contributed by atoms with Crippen molar-refractivity contribution >= 4 is 21.5 Å². The van der Waals surface area contributed by atoms with E-state index in [0.29, 0.717) is 0 Å². The van der Waals surface area contributed by atoms with E-state index < -0.39 is 38.7 Å². The van der Waals surface area contributed by atoms with Crippen LogP contribution in [0.5, 0.6) is 0 Å². The molecular formula is C12H13F2NO4S. The van der Waals surface area contributed by atoms with Crippen LogP contribution in [0.15, 0.2) is 12.1 Å². The highest BCUT2D eigenvalue weighted by Gasteiger charge is 2.25. The molecule has 0 aliphatic carbocycles. The number of aromatic carboxylic acids is 1. The first-order valence-corrected chi connectivity index (χ1v) is 7.80. The fourth-order valence-corrected chi connectivity index (χ4v) is 3.56. The van der Waals surface area contributed by atoms with Crippen molar-refractivity contribution in [3.63, 3.8) is 0 Å². The van der Waals surface area contributed by atoms with E-state index in [1.807, 2.05) is 0 Å². The highest BCUT2D eigenvalue weighted by Crippen LogP contribution is 2.24. The predicted molar refractivity (Wildman–Crippen MR) is 68.6 cm³/mol. The maximum Gasteiger partial charge on any atom is 0.335 e. The summed E-state index contributed by atoms with van der Waals surface area (Å²) in [5.41, 5.74) is -0.893. The van der Waals surface area contributed by atoms with Crippen LogP contribution in [0.25, 0.3) is 0 Å². The van der Waals surface area contributed by atoms with E-state index in [-0.39, 0.29) is 30.4 Å². The molecule has 5 nitrogen and oxygen atoms in total.